The first-order chi connectivity index (χ1) is 10.2. The van der Waals surface area contributed by atoms with E-state index in [1.54, 1.807) is 10.6 Å². The summed E-state index contributed by atoms with van der Waals surface area (Å²) in [6.07, 6.45) is 0.957. The van der Waals surface area contributed by atoms with Gasteiger partial charge in [0.1, 0.15) is 10.8 Å². The summed E-state index contributed by atoms with van der Waals surface area (Å²) in [4.78, 5) is 0.770. The Morgan fingerprint density at radius 1 is 1.38 bits per heavy atom. The number of hydrogen-bond acceptors (Lipinski definition) is 6. The van der Waals surface area contributed by atoms with Crippen LogP contribution < -0.4 is 0 Å². The highest BCUT2D eigenvalue weighted by Crippen LogP contribution is 2.31. The summed E-state index contributed by atoms with van der Waals surface area (Å²) in [6.45, 7) is 3.32. The standard InChI is InChI=1S/C14H14N4O2S/c1-8-2-3-9(6-11(8)19)13-17-18-12(10-4-5-20-7-10)15-16-14(18)21-13/h2-3,6,10,19H,4-5,7H2,1H3. The first-order valence-corrected chi connectivity index (χ1v) is 7.64. The highest BCUT2D eigenvalue weighted by Gasteiger charge is 2.25. The predicted molar refractivity (Wildman–Crippen MR) is 78.7 cm³/mol. The van der Waals surface area contributed by atoms with E-state index in [9.17, 15) is 5.11 Å². The van der Waals surface area contributed by atoms with Crippen LogP contribution in [-0.2, 0) is 4.74 Å². The van der Waals surface area contributed by atoms with Crippen LogP contribution in [0.1, 0.15) is 23.7 Å². The Morgan fingerprint density at radius 3 is 3.05 bits per heavy atom. The molecule has 0 radical (unpaired) electrons. The zero-order valence-electron chi connectivity index (χ0n) is 11.5. The van der Waals surface area contributed by atoms with E-state index in [0.717, 1.165) is 39.9 Å². The second-order valence-corrected chi connectivity index (χ2v) is 6.18. The number of aromatic nitrogens is 4. The van der Waals surface area contributed by atoms with Gasteiger partial charge in [-0.25, -0.2) is 0 Å². The molecule has 1 unspecified atom stereocenters. The zero-order valence-corrected chi connectivity index (χ0v) is 12.3. The second kappa shape index (κ2) is 4.78. The summed E-state index contributed by atoms with van der Waals surface area (Å²) in [7, 11) is 0. The molecule has 0 amide bonds. The van der Waals surface area contributed by atoms with Crippen molar-refractivity contribution < 1.29 is 9.84 Å². The predicted octanol–water partition coefficient (Wildman–Crippen LogP) is 2.37. The van der Waals surface area contributed by atoms with E-state index in [4.69, 9.17) is 4.74 Å². The van der Waals surface area contributed by atoms with Crippen LogP contribution in [0.3, 0.4) is 0 Å². The van der Waals surface area contributed by atoms with Crippen LogP contribution in [0, 0.1) is 6.92 Å². The molecule has 108 valence electrons. The molecule has 1 aromatic carbocycles. The highest BCUT2D eigenvalue weighted by molar-refractivity contribution is 7.19. The van der Waals surface area contributed by atoms with Crippen molar-refractivity contribution in [2.75, 3.05) is 13.2 Å². The molecule has 0 aliphatic carbocycles. The smallest absolute Gasteiger partial charge is 0.234 e. The summed E-state index contributed by atoms with van der Waals surface area (Å²) in [6, 6.07) is 5.58. The Hall–Kier alpha value is -1.99. The molecular weight excluding hydrogens is 288 g/mol. The molecule has 1 atom stereocenters. The van der Waals surface area contributed by atoms with E-state index in [1.165, 1.54) is 11.3 Å². The third-order valence-corrected chi connectivity index (χ3v) is 4.71. The van der Waals surface area contributed by atoms with Crippen molar-refractivity contribution >= 4 is 16.3 Å². The summed E-state index contributed by atoms with van der Waals surface area (Å²) in [5, 5.41) is 23.7. The van der Waals surface area contributed by atoms with Gasteiger partial charge in [-0.05, 0) is 25.0 Å². The highest BCUT2D eigenvalue weighted by atomic mass is 32.1. The molecule has 21 heavy (non-hydrogen) atoms. The number of ether oxygens (including phenoxy) is 1. The van der Waals surface area contributed by atoms with Crippen molar-refractivity contribution in [2.45, 2.75) is 19.3 Å². The first kappa shape index (κ1) is 12.7. The van der Waals surface area contributed by atoms with E-state index >= 15 is 0 Å². The Morgan fingerprint density at radius 2 is 2.29 bits per heavy atom. The van der Waals surface area contributed by atoms with Crippen LogP contribution in [0.15, 0.2) is 18.2 Å². The van der Waals surface area contributed by atoms with Gasteiger partial charge in [0, 0.05) is 18.1 Å². The molecule has 0 spiro atoms. The summed E-state index contributed by atoms with van der Waals surface area (Å²) in [5.74, 6) is 1.41. The van der Waals surface area contributed by atoms with Crippen LogP contribution in [0.2, 0.25) is 0 Å². The van der Waals surface area contributed by atoms with Crippen LogP contribution in [0.25, 0.3) is 15.5 Å². The molecular formula is C14H14N4O2S. The number of benzene rings is 1. The Labute approximate surface area is 125 Å². The molecule has 4 rings (SSSR count). The lowest BCUT2D eigenvalue weighted by atomic mass is 10.1. The minimum Gasteiger partial charge on any atom is -0.508 e. The quantitative estimate of drug-likeness (QED) is 0.787. The van der Waals surface area contributed by atoms with E-state index in [1.807, 2.05) is 19.1 Å². The van der Waals surface area contributed by atoms with Gasteiger partial charge >= 0.3 is 0 Å². The average Bonchev–Trinajstić information content (AvgIpc) is 3.16. The van der Waals surface area contributed by atoms with Crippen molar-refractivity contribution in [3.05, 3.63) is 29.6 Å². The lowest BCUT2D eigenvalue weighted by Crippen LogP contribution is -2.04. The Bertz CT molecular complexity index is 805. The Balaban J connectivity index is 1.78. The maximum absolute atomic E-state index is 9.84. The maximum atomic E-state index is 9.84. The monoisotopic (exact) mass is 302 g/mol. The van der Waals surface area contributed by atoms with E-state index in [-0.39, 0.29) is 11.7 Å². The first-order valence-electron chi connectivity index (χ1n) is 6.82. The third kappa shape index (κ3) is 2.09. The van der Waals surface area contributed by atoms with Gasteiger partial charge in [-0.3, -0.25) is 0 Å². The molecule has 6 nitrogen and oxygen atoms in total. The zero-order chi connectivity index (χ0) is 14.4. The van der Waals surface area contributed by atoms with Gasteiger partial charge in [0.05, 0.1) is 6.61 Å². The summed E-state index contributed by atoms with van der Waals surface area (Å²) in [5.41, 5.74) is 1.74. The van der Waals surface area contributed by atoms with E-state index in [2.05, 4.69) is 15.3 Å². The van der Waals surface area contributed by atoms with Gasteiger partial charge in [-0.2, -0.15) is 9.61 Å². The van der Waals surface area contributed by atoms with Gasteiger partial charge < -0.3 is 9.84 Å². The number of nitrogens with zero attached hydrogens (tertiary/aromatic N) is 4. The van der Waals surface area contributed by atoms with Crippen LogP contribution >= 0.6 is 11.3 Å². The van der Waals surface area contributed by atoms with Gasteiger partial charge in [0.25, 0.3) is 0 Å². The fraction of sp³-hybridized carbons (Fsp3) is 0.357. The molecule has 1 N–H and O–H groups in total. The van der Waals surface area contributed by atoms with Gasteiger partial charge in [-0.1, -0.05) is 23.5 Å². The average molecular weight is 302 g/mol. The SMILES string of the molecule is Cc1ccc(-c2nn3c(C4CCOC4)nnc3s2)cc1O. The normalized spacial score (nSPS) is 18.6. The van der Waals surface area contributed by atoms with E-state index in [0.29, 0.717) is 6.61 Å². The molecule has 1 fully saturated rings. The second-order valence-electron chi connectivity index (χ2n) is 5.22. The van der Waals surface area contributed by atoms with E-state index < -0.39 is 0 Å². The van der Waals surface area contributed by atoms with Crippen LogP contribution in [-0.4, -0.2) is 38.1 Å². The molecule has 1 aliphatic heterocycles. The lowest BCUT2D eigenvalue weighted by Gasteiger charge is -2.02. The molecule has 3 heterocycles. The summed E-state index contributed by atoms with van der Waals surface area (Å²) < 4.78 is 7.21. The molecule has 2 aromatic heterocycles. The van der Waals surface area contributed by atoms with Gasteiger partial charge in [0.2, 0.25) is 4.96 Å². The number of fused-ring (bicyclic) bond motifs is 1. The van der Waals surface area contributed by atoms with Crippen molar-refractivity contribution in [3.63, 3.8) is 0 Å². The number of phenolic OH excluding ortho intramolecular Hbond substituents is 1. The minimum atomic E-state index is 0.265. The number of phenols is 1. The number of hydrogen-bond donors (Lipinski definition) is 1. The molecule has 0 saturated carbocycles. The largest absolute Gasteiger partial charge is 0.508 e. The minimum absolute atomic E-state index is 0.265. The molecule has 1 saturated heterocycles. The van der Waals surface area contributed by atoms with Crippen molar-refractivity contribution in [1.82, 2.24) is 19.8 Å². The Kier molecular flexibility index (Phi) is 2.90. The van der Waals surface area contributed by atoms with Gasteiger partial charge in [0.15, 0.2) is 5.82 Å². The van der Waals surface area contributed by atoms with Crippen LogP contribution in [0.4, 0.5) is 0 Å². The van der Waals surface area contributed by atoms with Crippen LogP contribution in [0.5, 0.6) is 5.75 Å². The van der Waals surface area contributed by atoms with Crippen molar-refractivity contribution in [3.8, 4) is 16.3 Å². The number of aryl methyl sites for hydroxylation is 1. The maximum Gasteiger partial charge on any atom is 0.234 e. The fourth-order valence-electron chi connectivity index (χ4n) is 2.48. The summed E-state index contributed by atoms with van der Waals surface area (Å²) >= 11 is 1.47. The molecule has 3 aromatic rings. The number of rotatable bonds is 2. The molecule has 7 heteroatoms. The fourth-order valence-corrected chi connectivity index (χ4v) is 3.33. The van der Waals surface area contributed by atoms with Gasteiger partial charge in [-0.15, -0.1) is 10.2 Å². The molecule has 1 aliphatic rings. The van der Waals surface area contributed by atoms with Crippen molar-refractivity contribution in [1.29, 1.82) is 0 Å². The topological polar surface area (TPSA) is 72.5 Å². The lowest BCUT2D eigenvalue weighted by molar-refractivity contribution is 0.193. The number of aromatic hydroxyl groups is 1. The van der Waals surface area contributed by atoms with Crippen molar-refractivity contribution in [2.24, 2.45) is 0 Å². The third-order valence-electron chi connectivity index (χ3n) is 3.77. The molecule has 0 bridgehead atoms.